The fraction of sp³-hybridized carbons (Fsp3) is 0.476. The van der Waals surface area contributed by atoms with Gasteiger partial charge >= 0.3 is 0 Å². The number of fused-ring (bicyclic) bond motifs is 1. The predicted octanol–water partition coefficient (Wildman–Crippen LogP) is 2.74. The van der Waals surface area contributed by atoms with Crippen LogP contribution in [-0.4, -0.2) is 39.5 Å². The smallest absolute Gasteiger partial charge is 0.272 e. The van der Waals surface area contributed by atoms with Crippen molar-refractivity contribution in [3.05, 3.63) is 52.6 Å². The minimum atomic E-state index is -0.314. The molecule has 1 aliphatic carbocycles. The second kappa shape index (κ2) is 8.12. The molecule has 1 aromatic heterocycles. The van der Waals surface area contributed by atoms with Crippen LogP contribution in [0.25, 0.3) is 0 Å². The zero-order valence-electron chi connectivity index (χ0n) is 15.8. The van der Waals surface area contributed by atoms with E-state index in [1.54, 1.807) is 17.0 Å². The molecule has 0 radical (unpaired) electrons. The Morgan fingerprint density at radius 3 is 2.68 bits per heavy atom. The van der Waals surface area contributed by atoms with Crippen LogP contribution < -0.4 is 5.32 Å². The summed E-state index contributed by atoms with van der Waals surface area (Å²) >= 11 is 0. The molecule has 148 valence electrons. The molecule has 2 aliphatic rings. The molecule has 1 fully saturated rings. The molecule has 1 saturated carbocycles. The van der Waals surface area contributed by atoms with Crippen molar-refractivity contribution in [1.29, 1.82) is 0 Å². The third-order valence-corrected chi connectivity index (χ3v) is 5.71. The maximum atomic E-state index is 13.1. The minimum absolute atomic E-state index is 0.0305. The van der Waals surface area contributed by atoms with Crippen LogP contribution in [0.2, 0.25) is 0 Å². The second-order valence-corrected chi connectivity index (χ2v) is 7.71. The molecule has 2 aromatic rings. The molecule has 0 saturated heterocycles. The third-order valence-electron chi connectivity index (χ3n) is 5.71. The first-order chi connectivity index (χ1) is 13.6. The van der Waals surface area contributed by atoms with Crippen LogP contribution >= 0.6 is 0 Å². The van der Waals surface area contributed by atoms with Crippen LogP contribution in [0.4, 0.5) is 4.39 Å². The molecule has 1 aliphatic heterocycles. The van der Waals surface area contributed by atoms with E-state index in [1.165, 1.54) is 18.6 Å². The second-order valence-electron chi connectivity index (χ2n) is 7.71. The first-order valence-electron chi connectivity index (χ1n) is 9.99. The fourth-order valence-corrected chi connectivity index (χ4v) is 4.09. The molecular weight excluding hydrogens is 359 g/mol. The summed E-state index contributed by atoms with van der Waals surface area (Å²) in [5, 5.41) is 10.3. The quantitative estimate of drug-likeness (QED) is 0.851. The summed E-state index contributed by atoms with van der Waals surface area (Å²) < 4.78 is 13.1. The Morgan fingerprint density at radius 2 is 1.93 bits per heavy atom. The van der Waals surface area contributed by atoms with Crippen LogP contribution in [0.3, 0.4) is 0 Å². The Bertz CT molecular complexity index is 856. The molecule has 2 heterocycles. The van der Waals surface area contributed by atoms with E-state index in [4.69, 9.17) is 0 Å². The molecule has 6 nitrogen and oxygen atoms in total. The Labute approximate surface area is 163 Å². The highest BCUT2D eigenvalue weighted by Crippen LogP contribution is 2.23. The van der Waals surface area contributed by atoms with E-state index in [2.05, 4.69) is 15.5 Å². The number of nitrogens with one attached hydrogen (secondary N) is 2. The molecule has 1 aromatic carbocycles. The minimum Gasteiger partial charge on any atom is -0.348 e. The highest BCUT2D eigenvalue weighted by atomic mass is 19.1. The summed E-state index contributed by atoms with van der Waals surface area (Å²) in [4.78, 5) is 27.1. The van der Waals surface area contributed by atoms with Gasteiger partial charge < -0.3 is 10.2 Å². The van der Waals surface area contributed by atoms with Gasteiger partial charge in [-0.3, -0.25) is 14.7 Å². The molecule has 0 bridgehead atoms. The number of rotatable bonds is 4. The lowest BCUT2D eigenvalue weighted by molar-refractivity contribution is -0.131. The number of nitrogens with zero attached hydrogens (tertiary/aromatic N) is 2. The summed E-state index contributed by atoms with van der Waals surface area (Å²) in [6, 6.07) is 6.20. The van der Waals surface area contributed by atoms with Gasteiger partial charge in [0.2, 0.25) is 5.91 Å². The molecule has 0 unspecified atom stereocenters. The Balaban J connectivity index is 1.42. The first kappa shape index (κ1) is 18.7. The van der Waals surface area contributed by atoms with E-state index in [-0.39, 0.29) is 30.1 Å². The summed E-state index contributed by atoms with van der Waals surface area (Å²) in [6.07, 6.45) is 6.42. The summed E-state index contributed by atoms with van der Waals surface area (Å²) in [7, 11) is 0. The number of H-pyrrole nitrogens is 1. The monoisotopic (exact) mass is 384 g/mol. The van der Waals surface area contributed by atoms with E-state index >= 15 is 0 Å². The number of carbonyl (C=O) groups is 2. The molecule has 4 rings (SSSR count). The Kier molecular flexibility index (Phi) is 5.41. The first-order valence-corrected chi connectivity index (χ1v) is 9.99. The predicted molar refractivity (Wildman–Crippen MR) is 102 cm³/mol. The third kappa shape index (κ3) is 4.08. The van der Waals surface area contributed by atoms with Crippen molar-refractivity contribution in [3.63, 3.8) is 0 Å². The number of carbonyl (C=O) groups excluding carboxylic acids is 2. The molecule has 7 heteroatoms. The number of amides is 2. The van der Waals surface area contributed by atoms with Crippen molar-refractivity contribution in [1.82, 2.24) is 20.4 Å². The van der Waals surface area contributed by atoms with E-state index in [0.717, 1.165) is 42.5 Å². The van der Waals surface area contributed by atoms with Gasteiger partial charge in [0.25, 0.3) is 5.91 Å². The zero-order chi connectivity index (χ0) is 19.5. The van der Waals surface area contributed by atoms with Crippen molar-refractivity contribution < 1.29 is 14.0 Å². The maximum Gasteiger partial charge on any atom is 0.272 e. The van der Waals surface area contributed by atoms with Crippen molar-refractivity contribution >= 4 is 11.8 Å². The molecule has 2 amide bonds. The molecule has 0 atom stereocenters. The fourth-order valence-electron chi connectivity index (χ4n) is 4.09. The average molecular weight is 384 g/mol. The van der Waals surface area contributed by atoms with Gasteiger partial charge in [0.1, 0.15) is 5.82 Å². The van der Waals surface area contributed by atoms with Gasteiger partial charge in [0, 0.05) is 36.8 Å². The van der Waals surface area contributed by atoms with Crippen LogP contribution in [0.5, 0.6) is 0 Å². The van der Waals surface area contributed by atoms with E-state index in [9.17, 15) is 14.0 Å². The molecule has 0 spiro atoms. The van der Waals surface area contributed by atoms with Crippen LogP contribution in [0.1, 0.15) is 59.4 Å². The standard InChI is InChI=1S/C21H25FN4O2/c22-15-8-6-14(7-9-15)12-19(27)26-11-10-18-17(13-26)20(25-24-18)21(28)23-16-4-2-1-3-5-16/h6-9,16H,1-5,10-13H2,(H,23,28)(H,24,25). The van der Waals surface area contributed by atoms with Gasteiger partial charge in [-0.05, 0) is 30.5 Å². The number of hydrogen-bond donors (Lipinski definition) is 2. The lowest BCUT2D eigenvalue weighted by atomic mass is 9.95. The molecule has 28 heavy (non-hydrogen) atoms. The normalized spacial score (nSPS) is 17.2. The van der Waals surface area contributed by atoms with E-state index < -0.39 is 0 Å². The summed E-state index contributed by atoms with van der Waals surface area (Å²) in [5.74, 6) is -0.500. The number of hydrogen-bond acceptors (Lipinski definition) is 3. The van der Waals surface area contributed by atoms with Crippen molar-refractivity contribution in [2.45, 2.75) is 57.5 Å². The number of aromatic amines is 1. The SMILES string of the molecule is O=C(NC1CCCCC1)c1n[nH]c2c1CN(C(=O)Cc1ccc(F)cc1)CC2. The average Bonchev–Trinajstić information content (AvgIpc) is 3.14. The van der Waals surface area contributed by atoms with Gasteiger partial charge in [0.05, 0.1) is 6.42 Å². The summed E-state index contributed by atoms with van der Waals surface area (Å²) in [6.45, 7) is 0.957. The van der Waals surface area contributed by atoms with Gasteiger partial charge in [-0.2, -0.15) is 5.10 Å². The van der Waals surface area contributed by atoms with Gasteiger partial charge in [-0.15, -0.1) is 0 Å². The van der Waals surface area contributed by atoms with Gasteiger partial charge in [-0.1, -0.05) is 31.4 Å². The summed E-state index contributed by atoms with van der Waals surface area (Å²) in [5.41, 5.74) is 2.92. The Hall–Kier alpha value is -2.70. The number of halogens is 1. The zero-order valence-corrected chi connectivity index (χ0v) is 15.8. The maximum absolute atomic E-state index is 13.1. The van der Waals surface area contributed by atoms with Crippen molar-refractivity contribution in [3.8, 4) is 0 Å². The van der Waals surface area contributed by atoms with Gasteiger partial charge in [-0.25, -0.2) is 4.39 Å². The number of benzene rings is 1. The molecular formula is C21H25FN4O2. The van der Waals surface area contributed by atoms with Crippen molar-refractivity contribution in [2.75, 3.05) is 6.54 Å². The van der Waals surface area contributed by atoms with Gasteiger partial charge in [0.15, 0.2) is 5.69 Å². The van der Waals surface area contributed by atoms with Crippen LogP contribution in [0.15, 0.2) is 24.3 Å². The van der Waals surface area contributed by atoms with E-state index in [0.29, 0.717) is 25.2 Å². The Morgan fingerprint density at radius 1 is 1.18 bits per heavy atom. The highest BCUT2D eigenvalue weighted by Gasteiger charge is 2.28. The topological polar surface area (TPSA) is 78.1 Å². The highest BCUT2D eigenvalue weighted by molar-refractivity contribution is 5.94. The van der Waals surface area contributed by atoms with Crippen LogP contribution in [0, 0.1) is 5.82 Å². The lowest BCUT2D eigenvalue weighted by Crippen LogP contribution is -2.39. The van der Waals surface area contributed by atoms with Crippen LogP contribution in [-0.2, 0) is 24.2 Å². The molecule has 2 N–H and O–H groups in total. The largest absolute Gasteiger partial charge is 0.348 e. The lowest BCUT2D eigenvalue weighted by Gasteiger charge is -2.27. The van der Waals surface area contributed by atoms with Crippen molar-refractivity contribution in [2.24, 2.45) is 0 Å². The van der Waals surface area contributed by atoms with E-state index in [1.807, 2.05) is 0 Å². The number of aromatic nitrogens is 2.